The molecule has 3 N–H and O–H groups in total. The fourth-order valence-electron chi connectivity index (χ4n) is 2.04. The maximum absolute atomic E-state index is 11.7. The molecule has 8 nitrogen and oxygen atoms in total. The minimum atomic E-state index is -1.06. The van der Waals surface area contributed by atoms with Crippen LogP contribution in [0.4, 0.5) is 4.79 Å². The van der Waals surface area contributed by atoms with Crippen molar-refractivity contribution in [2.24, 2.45) is 5.92 Å². The number of urea groups is 1. The van der Waals surface area contributed by atoms with E-state index in [0.29, 0.717) is 12.8 Å². The van der Waals surface area contributed by atoms with Crippen molar-refractivity contribution in [1.82, 2.24) is 15.5 Å². The number of imide groups is 1. The first-order valence-electron chi connectivity index (χ1n) is 6.91. The van der Waals surface area contributed by atoms with Gasteiger partial charge in [0.2, 0.25) is 11.8 Å². The predicted molar refractivity (Wildman–Crippen MR) is 73.4 cm³/mol. The topological polar surface area (TPSA) is 116 Å². The van der Waals surface area contributed by atoms with E-state index in [2.05, 4.69) is 10.6 Å². The zero-order valence-electron chi connectivity index (χ0n) is 12.2. The second kappa shape index (κ2) is 7.61. The second-order valence-corrected chi connectivity index (χ2v) is 5.40. The van der Waals surface area contributed by atoms with Crippen molar-refractivity contribution in [3.05, 3.63) is 0 Å². The van der Waals surface area contributed by atoms with Gasteiger partial charge in [-0.05, 0) is 18.8 Å². The molecule has 0 saturated carbocycles. The fourth-order valence-corrected chi connectivity index (χ4v) is 2.04. The number of carbonyl (C=O) groups is 4. The first kappa shape index (κ1) is 16.9. The third-order valence-electron chi connectivity index (χ3n) is 3.06. The number of nitrogens with one attached hydrogen (secondary N) is 2. The number of hydrogen-bond acceptors (Lipinski definition) is 4. The van der Waals surface area contributed by atoms with Gasteiger partial charge in [0.15, 0.2) is 0 Å². The van der Waals surface area contributed by atoms with Gasteiger partial charge >= 0.3 is 12.0 Å². The van der Waals surface area contributed by atoms with Crippen LogP contribution in [0.3, 0.4) is 0 Å². The minimum Gasteiger partial charge on any atom is -0.480 e. The number of aliphatic carboxylic acids is 1. The van der Waals surface area contributed by atoms with E-state index in [1.165, 1.54) is 0 Å². The SMILES string of the molecule is CC(C)C[C@H](NC(=O)CCCN1C(=O)CNC1=O)C(=O)O. The molecule has 1 saturated heterocycles. The van der Waals surface area contributed by atoms with E-state index in [0.717, 1.165) is 4.90 Å². The molecule has 0 aromatic heterocycles. The van der Waals surface area contributed by atoms with Crippen LogP contribution in [0.2, 0.25) is 0 Å². The molecule has 0 aliphatic carbocycles. The predicted octanol–water partition coefficient (Wildman–Crippen LogP) is -0.0661. The van der Waals surface area contributed by atoms with Gasteiger partial charge in [-0.2, -0.15) is 0 Å². The Morgan fingerprint density at radius 2 is 2.05 bits per heavy atom. The highest BCUT2D eigenvalue weighted by molar-refractivity contribution is 6.01. The Morgan fingerprint density at radius 3 is 2.52 bits per heavy atom. The van der Waals surface area contributed by atoms with E-state index >= 15 is 0 Å². The summed E-state index contributed by atoms with van der Waals surface area (Å²) < 4.78 is 0. The number of hydrogen-bond donors (Lipinski definition) is 3. The monoisotopic (exact) mass is 299 g/mol. The van der Waals surface area contributed by atoms with Gasteiger partial charge in [0, 0.05) is 13.0 Å². The van der Waals surface area contributed by atoms with Gasteiger partial charge in [-0.15, -0.1) is 0 Å². The van der Waals surface area contributed by atoms with Crippen molar-refractivity contribution in [2.75, 3.05) is 13.1 Å². The highest BCUT2D eigenvalue weighted by Gasteiger charge is 2.28. The van der Waals surface area contributed by atoms with Gasteiger partial charge in [0.25, 0.3) is 0 Å². The zero-order valence-corrected chi connectivity index (χ0v) is 12.2. The number of carboxylic acid groups (broad SMARTS) is 1. The Kier molecular flexibility index (Phi) is 6.13. The Balaban J connectivity index is 2.34. The van der Waals surface area contributed by atoms with Crippen molar-refractivity contribution in [1.29, 1.82) is 0 Å². The van der Waals surface area contributed by atoms with Crippen molar-refractivity contribution >= 4 is 23.8 Å². The van der Waals surface area contributed by atoms with Crippen LogP contribution in [0.15, 0.2) is 0 Å². The summed E-state index contributed by atoms with van der Waals surface area (Å²) in [6.45, 7) is 3.89. The summed E-state index contributed by atoms with van der Waals surface area (Å²) in [5.74, 6) is -1.62. The van der Waals surface area contributed by atoms with Gasteiger partial charge in [-0.1, -0.05) is 13.8 Å². The van der Waals surface area contributed by atoms with Crippen LogP contribution < -0.4 is 10.6 Å². The van der Waals surface area contributed by atoms with Crippen molar-refractivity contribution in [3.8, 4) is 0 Å². The Bertz CT molecular complexity index is 420. The summed E-state index contributed by atoms with van der Waals surface area (Å²) in [6.07, 6.45) is 0.728. The van der Waals surface area contributed by atoms with E-state index in [1.807, 2.05) is 13.8 Å². The zero-order chi connectivity index (χ0) is 16.0. The summed E-state index contributed by atoms with van der Waals surface area (Å²) in [7, 11) is 0. The summed E-state index contributed by atoms with van der Waals surface area (Å²) in [4.78, 5) is 46.3. The van der Waals surface area contributed by atoms with Crippen LogP contribution in [-0.4, -0.2) is 53.0 Å². The molecule has 4 amide bonds. The maximum Gasteiger partial charge on any atom is 0.326 e. The third-order valence-corrected chi connectivity index (χ3v) is 3.06. The minimum absolute atomic E-state index is 0.0134. The number of amides is 4. The average molecular weight is 299 g/mol. The largest absolute Gasteiger partial charge is 0.480 e. The van der Waals surface area contributed by atoms with Gasteiger partial charge < -0.3 is 15.7 Å². The molecule has 0 aromatic carbocycles. The quantitative estimate of drug-likeness (QED) is 0.543. The highest BCUT2D eigenvalue weighted by atomic mass is 16.4. The van der Waals surface area contributed by atoms with Crippen molar-refractivity contribution in [3.63, 3.8) is 0 Å². The lowest BCUT2D eigenvalue weighted by atomic mass is 10.0. The number of carbonyl (C=O) groups excluding carboxylic acids is 3. The number of carboxylic acids is 1. The normalized spacial score (nSPS) is 16.0. The van der Waals surface area contributed by atoms with Crippen LogP contribution in [0.5, 0.6) is 0 Å². The number of rotatable bonds is 8. The van der Waals surface area contributed by atoms with Crippen LogP contribution in [0, 0.1) is 5.92 Å². The lowest BCUT2D eigenvalue weighted by molar-refractivity contribution is -0.142. The Hall–Kier alpha value is -2.12. The molecule has 1 aliphatic rings. The van der Waals surface area contributed by atoms with Crippen molar-refractivity contribution in [2.45, 2.75) is 39.2 Å². The first-order valence-corrected chi connectivity index (χ1v) is 6.91. The fraction of sp³-hybridized carbons (Fsp3) is 0.692. The molecule has 1 atom stereocenters. The molecule has 0 unspecified atom stereocenters. The molecule has 1 aliphatic heterocycles. The Labute approximate surface area is 122 Å². The average Bonchev–Trinajstić information content (AvgIpc) is 2.69. The second-order valence-electron chi connectivity index (χ2n) is 5.40. The molecule has 1 fully saturated rings. The van der Waals surface area contributed by atoms with Gasteiger partial charge in [0.1, 0.15) is 6.04 Å². The number of nitrogens with zero attached hydrogens (tertiary/aromatic N) is 1. The van der Waals surface area contributed by atoms with Gasteiger partial charge in [0.05, 0.1) is 6.54 Å². The van der Waals surface area contributed by atoms with E-state index in [-0.39, 0.29) is 31.3 Å². The maximum atomic E-state index is 11.7. The molecule has 0 aromatic rings. The van der Waals surface area contributed by atoms with E-state index < -0.39 is 23.9 Å². The molecule has 8 heteroatoms. The Morgan fingerprint density at radius 1 is 1.38 bits per heavy atom. The van der Waals surface area contributed by atoms with E-state index in [1.54, 1.807) is 0 Å². The third kappa shape index (κ3) is 5.41. The van der Waals surface area contributed by atoms with Crippen LogP contribution >= 0.6 is 0 Å². The molecular weight excluding hydrogens is 278 g/mol. The van der Waals surface area contributed by atoms with Gasteiger partial charge in [-0.3, -0.25) is 14.5 Å². The molecular formula is C13H21N3O5. The van der Waals surface area contributed by atoms with E-state index in [9.17, 15) is 19.2 Å². The lowest BCUT2D eigenvalue weighted by Gasteiger charge is -2.17. The molecule has 118 valence electrons. The smallest absolute Gasteiger partial charge is 0.326 e. The summed E-state index contributed by atoms with van der Waals surface area (Å²) in [5.41, 5.74) is 0. The first-order chi connectivity index (χ1) is 9.81. The van der Waals surface area contributed by atoms with Crippen LogP contribution in [-0.2, 0) is 14.4 Å². The molecule has 1 heterocycles. The standard InChI is InChI=1S/C13H21N3O5/c1-8(2)6-9(12(19)20)15-10(17)4-3-5-16-11(18)7-14-13(16)21/h8-9H,3-7H2,1-2H3,(H,14,21)(H,15,17)(H,19,20)/t9-/m0/s1. The van der Waals surface area contributed by atoms with Crippen LogP contribution in [0.1, 0.15) is 33.1 Å². The van der Waals surface area contributed by atoms with E-state index in [4.69, 9.17) is 5.11 Å². The molecule has 0 radical (unpaired) electrons. The molecule has 0 spiro atoms. The van der Waals surface area contributed by atoms with Crippen LogP contribution in [0.25, 0.3) is 0 Å². The summed E-state index contributed by atoms with van der Waals surface area (Å²) in [6, 6.07) is -1.36. The lowest BCUT2D eigenvalue weighted by Crippen LogP contribution is -2.42. The molecule has 0 bridgehead atoms. The summed E-state index contributed by atoms with van der Waals surface area (Å²) >= 11 is 0. The molecule has 21 heavy (non-hydrogen) atoms. The molecule has 1 rings (SSSR count). The van der Waals surface area contributed by atoms with Crippen molar-refractivity contribution < 1.29 is 24.3 Å². The highest BCUT2D eigenvalue weighted by Crippen LogP contribution is 2.06. The van der Waals surface area contributed by atoms with Gasteiger partial charge in [-0.25, -0.2) is 9.59 Å². The summed E-state index contributed by atoms with van der Waals surface area (Å²) in [5, 5.41) is 13.9.